The molecule has 0 amide bonds. The maximum atomic E-state index is 6.05. The van der Waals surface area contributed by atoms with E-state index in [-0.39, 0.29) is 11.2 Å². The van der Waals surface area contributed by atoms with Crippen LogP contribution in [0.3, 0.4) is 0 Å². The molecule has 22 heavy (non-hydrogen) atoms. The molecule has 0 spiro atoms. The standard InChI is InChI=1S/C17H20BNO3/c1-16(2)17(3,4)22-18(21-16)13-10-11-19-15(12-13)20-14-8-6-5-7-9-14/h5-12H,1-4H3. The predicted molar refractivity (Wildman–Crippen MR) is 86.5 cm³/mol. The smallest absolute Gasteiger partial charge is 0.439 e. The van der Waals surface area contributed by atoms with Crippen LogP contribution in [0.1, 0.15) is 27.7 Å². The Bertz CT molecular complexity index is 642. The molecule has 1 saturated heterocycles. The van der Waals surface area contributed by atoms with E-state index in [1.807, 2.05) is 70.2 Å². The van der Waals surface area contributed by atoms with Gasteiger partial charge in [-0.05, 0) is 51.4 Å². The van der Waals surface area contributed by atoms with Gasteiger partial charge in [0.05, 0.1) is 11.2 Å². The normalized spacial score (nSPS) is 19.2. The van der Waals surface area contributed by atoms with Gasteiger partial charge in [-0.1, -0.05) is 18.2 Å². The summed E-state index contributed by atoms with van der Waals surface area (Å²) in [4.78, 5) is 4.25. The average Bonchev–Trinajstić information content (AvgIpc) is 2.69. The summed E-state index contributed by atoms with van der Waals surface area (Å²) in [5, 5.41) is 0. The molecule has 1 aliphatic heterocycles. The summed E-state index contributed by atoms with van der Waals surface area (Å²) in [7, 11) is -0.411. The SMILES string of the molecule is CC1(C)OB(c2ccnc(Oc3ccccc3)c2)OC1(C)C. The predicted octanol–water partition coefficient (Wildman–Crippen LogP) is 3.17. The summed E-state index contributed by atoms with van der Waals surface area (Å²) >= 11 is 0. The Balaban J connectivity index is 1.81. The third kappa shape index (κ3) is 2.87. The van der Waals surface area contributed by atoms with Crippen molar-refractivity contribution in [2.24, 2.45) is 0 Å². The number of rotatable bonds is 3. The maximum Gasteiger partial charge on any atom is 0.495 e. The first-order valence-corrected chi connectivity index (χ1v) is 7.42. The van der Waals surface area contributed by atoms with E-state index in [0.29, 0.717) is 5.88 Å². The van der Waals surface area contributed by atoms with Gasteiger partial charge >= 0.3 is 7.12 Å². The number of hydrogen-bond acceptors (Lipinski definition) is 4. The van der Waals surface area contributed by atoms with Crippen molar-refractivity contribution in [2.75, 3.05) is 0 Å². The molecule has 5 heteroatoms. The van der Waals surface area contributed by atoms with Gasteiger partial charge in [0.25, 0.3) is 0 Å². The van der Waals surface area contributed by atoms with Gasteiger partial charge < -0.3 is 14.0 Å². The van der Waals surface area contributed by atoms with Gasteiger partial charge in [0, 0.05) is 12.3 Å². The lowest BCUT2D eigenvalue weighted by atomic mass is 9.80. The Morgan fingerprint density at radius 2 is 1.59 bits per heavy atom. The van der Waals surface area contributed by atoms with Crippen LogP contribution < -0.4 is 10.2 Å². The molecule has 4 nitrogen and oxygen atoms in total. The van der Waals surface area contributed by atoms with Crippen LogP contribution in [0, 0.1) is 0 Å². The van der Waals surface area contributed by atoms with E-state index in [9.17, 15) is 0 Å². The van der Waals surface area contributed by atoms with E-state index in [1.165, 1.54) is 0 Å². The van der Waals surface area contributed by atoms with Crippen LogP contribution in [-0.4, -0.2) is 23.3 Å². The fraction of sp³-hybridized carbons (Fsp3) is 0.353. The molecule has 114 valence electrons. The number of benzene rings is 1. The summed E-state index contributed by atoms with van der Waals surface area (Å²) < 4.78 is 17.9. The van der Waals surface area contributed by atoms with E-state index in [0.717, 1.165) is 11.2 Å². The van der Waals surface area contributed by atoms with Crippen molar-refractivity contribution in [3.63, 3.8) is 0 Å². The number of aromatic nitrogens is 1. The van der Waals surface area contributed by atoms with Crippen molar-refractivity contribution in [3.8, 4) is 11.6 Å². The fourth-order valence-electron chi connectivity index (χ4n) is 2.22. The Kier molecular flexibility index (Phi) is 3.71. The third-order valence-electron chi connectivity index (χ3n) is 4.25. The van der Waals surface area contributed by atoms with Crippen LogP contribution in [-0.2, 0) is 9.31 Å². The monoisotopic (exact) mass is 297 g/mol. The molecule has 1 fully saturated rings. The second-order valence-electron chi connectivity index (χ2n) is 6.43. The van der Waals surface area contributed by atoms with Gasteiger partial charge in [-0.2, -0.15) is 0 Å². The molecule has 0 unspecified atom stereocenters. The number of pyridine rings is 1. The summed E-state index contributed by atoms with van der Waals surface area (Å²) in [6.45, 7) is 8.15. The third-order valence-corrected chi connectivity index (χ3v) is 4.25. The highest BCUT2D eigenvalue weighted by Gasteiger charge is 2.51. The minimum absolute atomic E-state index is 0.360. The first-order valence-electron chi connectivity index (χ1n) is 7.42. The molecule has 0 atom stereocenters. The molecule has 0 bridgehead atoms. The number of hydrogen-bond donors (Lipinski definition) is 0. The van der Waals surface area contributed by atoms with Crippen molar-refractivity contribution >= 4 is 12.6 Å². The van der Waals surface area contributed by atoms with E-state index < -0.39 is 7.12 Å². The van der Waals surface area contributed by atoms with Crippen molar-refractivity contribution < 1.29 is 14.0 Å². The molecular formula is C17H20BNO3. The molecule has 0 aliphatic carbocycles. The Labute approximate surface area is 131 Å². The van der Waals surface area contributed by atoms with Crippen molar-refractivity contribution in [1.29, 1.82) is 0 Å². The zero-order valence-electron chi connectivity index (χ0n) is 13.4. The summed E-state index contributed by atoms with van der Waals surface area (Å²) in [6, 6.07) is 13.3. The zero-order valence-corrected chi connectivity index (χ0v) is 13.4. The summed E-state index contributed by atoms with van der Waals surface area (Å²) in [6.07, 6.45) is 1.71. The van der Waals surface area contributed by atoms with E-state index >= 15 is 0 Å². The van der Waals surface area contributed by atoms with Gasteiger partial charge in [-0.25, -0.2) is 4.98 Å². The first-order chi connectivity index (χ1) is 10.4. The van der Waals surface area contributed by atoms with Crippen LogP contribution >= 0.6 is 0 Å². The minimum atomic E-state index is -0.411. The van der Waals surface area contributed by atoms with Crippen LogP contribution in [0.2, 0.25) is 0 Å². The number of para-hydroxylation sites is 1. The largest absolute Gasteiger partial charge is 0.495 e. The van der Waals surface area contributed by atoms with Crippen LogP contribution in [0.15, 0.2) is 48.7 Å². The molecule has 1 aliphatic rings. The molecule has 0 radical (unpaired) electrons. The van der Waals surface area contributed by atoms with E-state index in [1.54, 1.807) is 6.20 Å². The number of nitrogens with zero attached hydrogens (tertiary/aromatic N) is 1. The van der Waals surface area contributed by atoms with Crippen molar-refractivity contribution in [1.82, 2.24) is 4.98 Å². The van der Waals surface area contributed by atoms with Crippen molar-refractivity contribution in [3.05, 3.63) is 48.7 Å². The molecule has 0 N–H and O–H groups in total. The molecule has 2 heterocycles. The Morgan fingerprint density at radius 1 is 0.955 bits per heavy atom. The maximum absolute atomic E-state index is 6.05. The second-order valence-corrected chi connectivity index (χ2v) is 6.43. The Morgan fingerprint density at radius 3 is 2.23 bits per heavy atom. The van der Waals surface area contributed by atoms with Crippen LogP contribution in [0.4, 0.5) is 0 Å². The molecule has 1 aromatic heterocycles. The summed E-state index contributed by atoms with van der Waals surface area (Å²) in [5.74, 6) is 1.28. The van der Waals surface area contributed by atoms with Crippen LogP contribution in [0.25, 0.3) is 0 Å². The lowest BCUT2D eigenvalue weighted by Gasteiger charge is -2.32. The van der Waals surface area contributed by atoms with Gasteiger partial charge in [-0.3, -0.25) is 0 Å². The highest BCUT2D eigenvalue weighted by Crippen LogP contribution is 2.36. The molecule has 3 rings (SSSR count). The minimum Gasteiger partial charge on any atom is -0.439 e. The fourth-order valence-corrected chi connectivity index (χ4v) is 2.22. The lowest BCUT2D eigenvalue weighted by Crippen LogP contribution is -2.41. The van der Waals surface area contributed by atoms with E-state index in [2.05, 4.69) is 4.98 Å². The first kappa shape index (κ1) is 15.1. The van der Waals surface area contributed by atoms with Crippen molar-refractivity contribution in [2.45, 2.75) is 38.9 Å². The molecular weight excluding hydrogens is 277 g/mol. The van der Waals surface area contributed by atoms with Gasteiger partial charge in [0.2, 0.25) is 5.88 Å². The lowest BCUT2D eigenvalue weighted by molar-refractivity contribution is 0.00578. The molecule has 2 aromatic rings. The van der Waals surface area contributed by atoms with Gasteiger partial charge in [0.15, 0.2) is 0 Å². The van der Waals surface area contributed by atoms with E-state index in [4.69, 9.17) is 14.0 Å². The van der Waals surface area contributed by atoms with Gasteiger partial charge in [0.1, 0.15) is 5.75 Å². The Hall–Kier alpha value is -1.85. The second kappa shape index (κ2) is 5.41. The van der Waals surface area contributed by atoms with Gasteiger partial charge in [-0.15, -0.1) is 0 Å². The quantitative estimate of drug-likeness (QED) is 0.816. The molecule has 0 saturated carbocycles. The van der Waals surface area contributed by atoms with Crippen LogP contribution in [0.5, 0.6) is 11.6 Å². The highest BCUT2D eigenvalue weighted by molar-refractivity contribution is 6.62. The summed E-state index contributed by atoms with van der Waals surface area (Å²) in [5.41, 5.74) is 0.183. The average molecular weight is 297 g/mol. The number of ether oxygens (including phenoxy) is 1. The molecule has 1 aromatic carbocycles. The topological polar surface area (TPSA) is 40.6 Å². The highest BCUT2D eigenvalue weighted by atomic mass is 16.7. The zero-order chi connectivity index (χ0) is 15.8.